The van der Waals surface area contributed by atoms with Gasteiger partial charge in [-0.05, 0) is 94.8 Å². The van der Waals surface area contributed by atoms with Crippen LogP contribution in [0.1, 0.15) is 50.7 Å². The summed E-state index contributed by atoms with van der Waals surface area (Å²) in [6.07, 6.45) is 7.23. The molecule has 0 saturated carbocycles. The first-order chi connectivity index (χ1) is 15.2. The maximum Gasteiger partial charge on any atom is 0.195 e. The summed E-state index contributed by atoms with van der Waals surface area (Å²) in [6.45, 7) is 4.52. The van der Waals surface area contributed by atoms with Crippen LogP contribution in [0.2, 0.25) is 0 Å². The summed E-state index contributed by atoms with van der Waals surface area (Å²) in [6, 6.07) is 21.7. The van der Waals surface area contributed by atoms with Crippen LogP contribution in [0, 0.1) is 0 Å². The lowest BCUT2D eigenvalue weighted by Gasteiger charge is -2.13. The molecule has 0 atom stereocenters. The molecular formula is C29H28OS. The lowest BCUT2D eigenvalue weighted by atomic mass is 9.92. The van der Waals surface area contributed by atoms with E-state index >= 15 is 0 Å². The van der Waals surface area contributed by atoms with Gasteiger partial charge in [-0.1, -0.05) is 51.0 Å². The largest absolute Gasteiger partial charge is 0.289 e. The SMILES string of the molecule is CCCCc1cc2cc3cc4sc5ccccc5c(=O)c4cc3cc2cc1CCCC. The van der Waals surface area contributed by atoms with E-state index in [1.807, 2.05) is 24.3 Å². The van der Waals surface area contributed by atoms with Crippen LogP contribution in [0.15, 0.2) is 65.5 Å². The Kier molecular flexibility index (Phi) is 5.50. The molecule has 0 saturated heterocycles. The van der Waals surface area contributed by atoms with E-state index in [9.17, 15) is 4.79 Å². The Bertz CT molecular complexity index is 1480. The van der Waals surface area contributed by atoms with Crippen molar-refractivity contribution in [2.75, 3.05) is 0 Å². The average molecular weight is 425 g/mol. The molecule has 156 valence electrons. The first-order valence-electron chi connectivity index (χ1n) is 11.5. The second-order valence-electron chi connectivity index (χ2n) is 8.65. The van der Waals surface area contributed by atoms with E-state index in [-0.39, 0.29) is 5.43 Å². The Hall–Kier alpha value is -2.71. The first-order valence-corrected chi connectivity index (χ1v) is 12.3. The molecule has 0 spiro atoms. The van der Waals surface area contributed by atoms with Crippen molar-refractivity contribution in [2.24, 2.45) is 0 Å². The molecule has 0 unspecified atom stereocenters. The summed E-state index contributed by atoms with van der Waals surface area (Å²) >= 11 is 1.71. The molecular weight excluding hydrogens is 396 g/mol. The molecule has 0 N–H and O–H groups in total. The van der Waals surface area contributed by atoms with E-state index in [1.54, 1.807) is 11.3 Å². The van der Waals surface area contributed by atoms with Crippen molar-refractivity contribution in [3.8, 4) is 0 Å². The second-order valence-corrected chi connectivity index (χ2v) is 9.73. The molecule has 2 heteroatoms. The van der Waals surface area contributed by atoms with Crippen LogP contribution in [0.25, 0.3) is 41.7 Å². The van der Waals surface area contributed by atoms with Crippen LogP contribution in [-0.2, 0) is 12.8 Å². The topological polar surface area (TPSA) is 17.1 Å². The maximum atomic E-state index is 13.1. The number of aryl methyl sites for hydroxylation is 2. The van der Waals surface area contributed by atoms with Gasteiger partial charge in [0.15, 0.2) is 5.43 Å². The van der Waals surface area contributed by atoms with Gasteiger partial charge in [-0.15, -0.1) is 11.3 Å². The molecule has 0 fully saturated rings. The zero-order valence-electron chi connectivity index (χ0n) is 18.3. The van der Waals surface area contributed by atoms with Gasteiger partial charge in [-0.3, -0.25) is 4.79 Å². The summed E-state index contributed by atoms with van der Waals surface area (Å²) in [7, 11) is 0. The molecule has 0 aliphatic carbocycles. The minimum absolute atomic E-state index is 0.143. The van der Waals surface area contributed by atoms with Crippen molar-refractivity contribution in [1.29, 1.82) is 0 Å². The minimum atomic E-state index is 0.143. The molecule has 0 aliphatic rings. The summed E-state index contributed by atoms with van der Waals surface area (Å²) in [5.41, 5.74) is 3.16. The van der Waals surface area contributed by atoms with Gasteiger partial charge in [0.2, 0.25) is 0 Å². The van der Waals surface area contributed by atoms with Crippen molar-refractivity contribution in [3.63, 3.8) is 0 Å². The van der Waals surface area contributed by atoms with Gasteiger partial charge >= 0.3 is 0 Å². The molecule has 0 radical (unpaired) electrons. The fourth-order valence-corrected chi connectivity index (χ4v) is 5.75. The third-order valence-electron chi connectivity index (χ3n) is 6.41. The summed E-state index contributed by atoms with van der Waals surface area (Å²) in [5.74, 6) is 0. The Morgan fingerprint density at radius 2 is 1.23 bits per heavy atom. The highest BCUT2D eigenvalue weighted by Gasteiger charge is 2.10. The van der Waals surface area contributed by atoms with Gasteiger partial charge in [0.1, 0.15) is 0 Å². The smallest absolute Gasteiger partial charge is 0.195 e. The van der Waals surface area contributed by atoms with Crippen LogP contribution >= 0.6 is 11.3 Å². The normalized spacial score (nSPS) is 11.8. The Labute approximate surface area is 187 Å². The lowest BCUT2D eigenvalue weighted by molar-refractivity contribution is 0.759. The highest BCUT2D eigenvalue weighted by atomic mass is 32.1. The van der Waals surface area contributed by atoms with Gasteiger partial charge < -0.3 is 0 Å². The van der Waals surface area contributed by atoms with E-state index in [0.29, 0.717) is 0 Å². The quantitative estimate of drug-likeness (QED) is 0.250. The highest BCUT2D eigenvalue weighted by molar-refractivity contribution is 7.24. The molecule has 1 heterocycles. The predicted octanol–water partition coefficient (Wildman–Crippen LogP) is 8.41. The Balaban J connectivity index is 1.74. The van der Waals surface area contributed by atoms with Crippen LogP contribution < -0.4 is 5.43 Å². The molecule has 0 amide bonds. The van der Waals surface area contributed by atoms with E-state index in [4.69, 9.17) is 0 Å². The monoisotopic (exact) mass is 424 g/mol. The lowest BCUT2D eigenvalue weighted by Crippen LogP contribution is -2.00. The fourth-order valence-electron chi connectivity index (χ4n) is 4.64. The predicted molar refractivity (Wildman–Crippen MR) is 138 cm³/mol. The zero-order valence-corrected chi connectivity index (χ0v) is 19.1. The summed E-state index contributed by atoms with van der Waals surface area (Å²) in [5, 5.41) is 6.63. The van der Waals surface area contributed by atoms with Crippen molar-refractivity contribution < 1.29 is 0 Å². The molecule has 1 aromatic heterocycles. The van der Waals surface area contributed by atoms with Crippen molar-refractivity contribution >= 4 is 53.1 Å². The fraction of sp³-hybridized carbons (Fsp3) is 0.276. The van der Waals surface area contributed by atoms with Gasteiger partial charge in [0, 0.05) is 20.2 Å². The Morgan fingerprint density at radius 3 is 1.87 bits per heavy atom. The van der Waals surface area contributed by atoms with Crippen LogP contribution in [0.4, 0.5) is 0 Å². The van der Waals surface area contributed by atoms with Gasteiger partial charge in [-0.25, -0.2) is 0 Å². The van der Waals surface area contributed by atoms with Gasteiger partial charge in [-0.2, -0.15) is 0 Å². The third-order valence-corrected chi connectivity index (χ3v) is 7.54. The third kappa shape index (κ3) is 3.74. The van der Waals surface area contributed by atoms with Crippen molar-refractivity contribution in [1.82, 2.24) is 0 Å². The van der Waals surface area contributed by atoms with Crippen LogP contribution in [-0.4, -0.2) is 0 Å². The average Bonchev–Trinajstić information content (AvgIpc) is 2.79. The molecule has 31 heavy (non-hydrogen) atoms. The molecule has 5 rings (SSSR count). The summed E-state index contributed by atoms with van der Waals surface area (Å²) in [4.78, 5) is 13.1. The summed E-state index contributed by atoms with van der Waals surface area (Å²) < 4.78 is 2.13. The molecule has 0 aliphatic heterocycles. The molecule has 4 aromatic carbocycles. The number of fused-ring (bicyclic) bond motifs is 4. The first kappa shape index (κ1) is 20.2. The Morgan fingerprint density at radius 1 is 0.645 bits per heavy atom. The molecule has 0 bridgehead atoms. The van der Waals surface area contributed by atoms with E-state index in [1.165, 1.54) is 53.0 Å². The minimum Gasteiger partial charge on any atom is -0.289 e. The van der Waals surface area contributed by atoms with E-state index < -0.39 is 0 Å². The van der Waals surface area contributed by atoms with Crippen molar-refractivity contribution in [3.05, 3.63) is 82.0 Å². The van der Waals surface area contributed by atoms with E-state index in [2.05, 4.69) is 50.2 Å². The molecule has 1 nitrogen and oxygen atoms in total. The second kappa shape index (κ2) is 8.43. The maximum absolute atomic E-state index is 13.1. The number of unbranched alkanes of at least 4 members (excludes halogenated alkanes) is 2. The van der Waals surface area contributed by atoms with Crippen LogP contribution in [0.3, 0.4) is 0 Å². The van der Waals surface area contributed by atoms with Gasteiger partial charge in [0.05, 0.1) is 0 Å². The highest BCUT2D eigenvalue weighted by Crippen LogP contribution is 2.32. The number of rotatable bonds is 6. The number of hydrogen-bond acceptors (Lipinski definition) is 2. The van der Waals surface area contributed by atoms with Gasteiger partial charge in [0.25, 0.3) is 0 Å². The standard InChI is InChI=1S/C29H28OS/c1-3-5-9-19-13-21-15-23-17-26-28(31-27-12-8-7-11-25(27)29(26)30)18-24(23)16-22(21)14-20(19)10-6-4-2/h7-8,11-18H,3-6,9-10H2,1-2H3. The zero-order chi connectivity index (χ0) is 21.4. The van der Waals surface area contributed by atoms with Crippen LogP contribution in [0.5, 0.6) is 0 Å². The van der Waals surface area contributed by atoms with Crippen molar-refractivity contribution in [2.45, 2.75) is 52.4 Å². The molecule has 5 aromatic rings. The number of benzene rings is 4. The number of hydrogen-bond donors (Lipinski definition) is 0. The van der Waals surface area contributed by atoms with E-state index in [0.717, 1.165) is 38.4 Å².